The molecule has 0 unspecified atom stereocenters. The largest absolute Gasteiger partial charge is 0.249 e. The minimum absolute atomic E-state index is 0.709. The normalized spacial score (nSPS) is 9.85. The van der Waals surface area contributed by atoms with Gasteiger partial charge in [0, 0.05) is 24.7 Å². The zero-order valence-electron chi connectivity index (χ0n) is 6.71. The van der Waals surface area contributed by atoms with Crippen molar-refractivity contribution < 1.29 is 0 Å². The number of rotatable bonds is 2. The van der Waals surface area contributed by atoms with E-state index < -0.39 is 0 Å². The topological polar surface area (TPSA) is 38.7 Å². The minimum atomic E-state index is 0.709. The van der Waals surface area contributed by atoms with Gasteiger partial charge in [-0.15, -0.1) is 0 Å². The molecule has 63 valence electrons. The van der Waals surface area contributed by atoms with Gasteiger partial charge in [0.15, 0.2) is 5.16 Å². The number of hydrogen-bond acceptors (Lipinski definition) is 4. The SMILES string of the molecule is [c]1ccc(Sc2ncccn2)nc1. The summed E-state index contributed by atoms with van der Waals surface area (Å²) < 4.78 is 0. The van der Waals surface area contributed by atoms with E-state index in [0.717, 1.165) is 5.03 Å². The number of aromatic nitrogens is 3. The first kappa shape index (κ1) is 8.19. The summed E-state index contributed by atoms with van der Waals surface area (Å²) in [6.45, 7) is 0. The third kappa shape index (κ3) is 2.26. The summed E-state index contributed by atoms with van der Waals surface area (Å²) in [6.07, 6.45) is 5.06. The molecule has 2 aromatic rings. The van der Waals surface area contributed by atoms with Crippen molar-refractivity contribution in [1.29, 1.82) is 0 Å². The molecule has 1 radical (unpaired) electrons. The van der Waals surface area contributed by atoms with Crippen LogP contribution in [0.25, 0.3) is 0 Å². The first-order valence-electron chi connectivity index (χ1n) is 3.72. The molecule has 0 N–H and O–H groups in total. The summed E-state index contributed by atoms with van der Waals surface area (Å²) in [7, 11) is 0. The van der Waals surface area contributed by atoms with Crippen molar-refractivity contribution in [2.45, 2.75) is 10.2 Å². The Balaban J connectivity index is 2.16. The van der Waals surface area contributed by atoms with E-state index in [0.29, 0.717) is 5.16 Å². The Morgan fingerprint density at radius 3 is 2.69 bits per heavy atom. The van der Waals surface area contributed by atoms with E-state index in [1.54, 1.807) is 24.7 Å². The molecule has 2 rings (SSSR count). The minimum Gasteiger partial charge on any atom is -0.249 e. The fourth-order valence-corrected chi connectivity index (χ4v) is 1.45. The quantitative estimate of drug-likeness (QED) is 0.674. The summed E-state index contributed by atoms with van der Waals surface area (Å²) in [6, 6.07) is 8.33. The van der Waals surface area contributed by atoms with Gasteiger partial charge in [-0.3, -0.25) is 0 Å². The van der Waals surface area contributed by atoms with Crippen LogP contribution in [0, 0.1) is 6.07 Å². The molecule has 0 fully saturated rings. The first-order chi connectivity index (χ1) is 6.45. The monoisotopic (exact) mass is 188 g/mol. The second kappa shape index (κ2) is 4.00. The zero-order valence-corrected chi connectivity index (χ0v) is 7.53. The highest BCUT2D eigenvalue weighted by Gasteiger charge is 1.98. The van der Waals surface area contributed by atoms with Crippen molar-refractivity contribution in [3.05, 3.63) is 42.9 Å². The molecule has 0 saturated heterocycles. The molecule has 3 nitrogen and oxygen atoms in total. The molecule has 0 saturated carbocycles. The standard InChI is InChI=1S/C9H6N3S/c1-2-5-10-8(4-1)13-9-11-6-3-7-12-9/h1,3-7H. The van der Waals surface area contributed by atoms with Gasteiger partial charge in [-0.25, -0.2) is 15.0 Å². The fourth-order valence-electron chi connectivity index (χ4n) is 0.798. The number of hydrogen-bond donors (Lipinski definition) is 0. The highest BCUT2D eigenvalue weighted by molar-refractivity contribution is 7.99. The molecule has 4 heteroatoms. The average molecular weight is 188 g/mol. The van der Waals surface area contributed by atoms with Crippen LogP contribution < -0.4 is 0 Å². The average Bonchev–Trinajstić information content (AvgIpc) is 2.21. The smallest absolute Gasteiger partial charge is 0.193 e. The Kier molecular flexibility index (Phi) is 2.52. The van der Waals surface area contributed by atoms with Crippen molar-refractivity contribution in [2.75, 3.05) is 0 Å². The van der Waals surface area contributed by atoms with Gasteiger partial charge in [0.05, 0.1) is 0 Å². The molecule has 0 amide bonds. The number of pyridine rings is 1. The Hall–Kier alpha value is -1.42. The molecule has 2 aromatic heterocycles. The van der Waals surface area contributed by atoms with Crippen LogP contribution in [0.5, 0.6) is 0 Å². The van der Waals surface area contributed by atoms with Gasteiger partial charge in [0.1, 0.15) is 5.03 Å². The van der Waals surface area contributed by atoms with Gasteiger partial charge in [0.2, 0.25) is 0 Å². The second-order valence-electron chi connectivity index (χ2n) is 2.23. The second-order valence-corrected chi connectivity index (χ2v) is 3.22. The van der Waals surface area contributed by atoms with E-state index in [1.807, 2.05) is 12.1 Å². The molecule has 0 aliphatic heterocycles. The highest BCUT2D eigenvalue weighted by Crippen LogP contribution is 2.20. The van der Waals surface area contributed by atoms with Crippen molar-refractivity contribution in [2.24, 2.45) is 0 Å². The number of nitrogens with zero attached hydrogens (tertiary/aromatic N) is 3. The van der Waals surface area contributed by atoms with Gasteiger partial charge in [0.25, 0.3) is 0 Å². The molecule has 0 aliphatic carbocycles. The van der Waals surface area contributed by atoms with E-state index >= 15 is 0 Å². The molecular weight excluding hydrogens is 182 g/mol. The Bertz CT molecular complexity index is 326. The van der Waals surface area contributed by atoms with Crippen molar-refractivity contribution >= 4 is 11.8 Å². The molecule has 2 heterocycles. The zero-order chi connectivity index (χ0) is 8.93. The van der Waals surface area contributed by atoms with E-state index in [-0.39, 0.29) is 0 Å². The molecule has 13 heavy (non-hydrogen) atoms. The maximum absolute atomic E-state index is 4.10. The van der Waals surface area contributed by atoms with Crippen LogP contribution >= 0.6 is 11.8 Å². The predicted molar refractivity (Wildman–Crippen MR) is 49.2 cm³/mol. The van der Waals surface area contributed by atoms with Crippen LogP contribution in [0.1, 0.15) is 0 Å². The van der Waals surface area contributed by atoms with Gasteiger partial charge in [-0.1, -0.05) is 6.07 Å². The lowest BCUT2D eigenvalue weighted by atomic mass is 10.5. The van der Waals surface area contributed by atoms with Crippen LogP contribution in [0.4, 0.5) is 0 Å². The van der Waals surface area contributed by atoms with Crippen LogP contribution in [-0.2, 0) is 0 Å². The Morgan fingerprint density at radius 1 is 1.15 bits per heavy atom. The molecule has 0 aromatic carbocycles. The fraction of sp³-hybridized carbons (Fsp3) is 0. The molecule has 0 bridgehead atoms. The predicted octanol–water partition coefficient (Wildman–Crippen LogP) is 1.82. The lowest BCUT2D eigenvalue weighted by Gasteiger charge is -1.96. The van der Waals surface area contributed by atoms with Gasteiger partial charge >= 0.3 is 0 Å². The third-order valence-corrected chi connectivity index (χ3v) is 2.17. The van der Waals surface area contributed by atoms with Crippen molar-refractivity contribution in [3.8, 4) is 0 Å². The van der Waals surface area contributed by atoms with Crippen LogP contribution in [0.15, 0.2) is 47.0 Å². The maximum atomic E-state index is 4.10. The summed E-state index contributed by atoms with van der Waals surface area (Å²) >= 11 is 1.43. The third-order valence-electron chi connectivity index (χ3n) is 1.33. The van der Waals surface area contributed by atoms with Crippen LogP contribution in [-0.4, -0.2) is 15.0 Å². The molecule has 0 spiro atoms. The highest BCUT2D eigenvalue weighted by atomic mass is 32.2. The Labute approximate surface area is 80.3 Å². The van der Waals surface area contributed by atoms with Crippen molar-refractivity contribution in [1.82, 2.24) is 15.0 Å². The molecule has 0 aliphatic rings. The van der Waals surface area contributed by atoms with E-state index in [9.17, 15) is 0 Å². The van der Waals surface area contributed by atoms with Gasteiger partial charge in [-0.2, -0.15) is 0 Å². The van der Waals surface area contributed by atoms with Gasteiger partial charge in [-0.05, 0) is 23.9 Å². The lowest BCUT2D eigenvalue weighted by Crippen LogP contribution is -1.84. The molecular formula is C9H6N3S. The van der Waals surface area contributed by atoms with E-state index in [2.05, 4.69) is 21.0 Å². The maximum Gasteiger partial charge on any atom is 0.193 e. The Morgan fingerprint density at radius 2 is 2.00 bits per heavy atom. The van der Waals surface area contributed by atoms with Gasteiger partial charge < -0.3 is 0 Å². The summed E-state index contributed by atoms with van der Waals surface area (Å²) in [4.78, 5) is 12.3. The lowest BCUT2D eigenvalue weighted by molar-refractivity contribution is 0.960. The summed E-state index contributed by atoms with van der Waals surface area (Å²) in [5, 5.41) is 1.59. The van der Waals surface area contributed by atoms with Crippen LogP contribution in [0.2, 0.25) is 0 Å². The van der Waals surface area contributed by atoms with E-state index in [4.69, 9.17) is 0 Å². The van der Waals surface area contributed by atoms with E-state index in [1.165, 1.54) is 11.8 Å². The summed E-state index contributed by atoms with van der Waals surface area (Å²) in [5.74, 6) is 0. The van der Waals surface area contributed by atoms with Crippen molar-refractivity contribution in [3.63, 3.8) is 0 Å². The van der Waals surface area contributed by atoms with Crippen LogP contribution in [0.3, 0.4) is 0 Å². The first-order valence-corrected chi connectivity index (χ1v) is 4.54. The molecule has 0 atom stereocenters. The summed E-state index contributed by atoms with van der Waals surface area (Å²) in [5.41, 5.74) is 0.